The molecule has 0 spiro atoms. The Morgan fingerprint density at radius 3 is 2.02 bits per heavy atom. The van der Waals surface area contributed by atoms with Gasteiger partial charge >= 0.3 is 6.85 Å². The van der Waals surface area contributed by atoms with E-state index >= 15 is 0 Å². The van der Waals surface area contributed by atoms with Crippen molar-refractivity contribution in [3.63, 3.8) is 0 Å². The minimum absolute atomic E-state index is 0.0925. The van der Waals surface area contributed by atoms with Crippen molar-refractivity contribution in [1.82, 2.24) is 4.57 Å². The summed E-state index contributed by atoms with van der Waals surface area (Å²) in [5, 5.41) is 5.29. The van der Waals surface area contributed by atoms with Crippen LogP contribution in [0, 0.1) is 0 Å². The highest BCUT2D eigenvalue weighted by molar-refractivity contribution is 7.26. The van der Waals surface area contributed by atoms with Crippen LogP contribution in [0.5, 0.6) is 0 Å². The summed E-state index contributed by atoms with van der Waals surface area (Å²) in [5.74, 6) is 0. The second-order valence-corrected chi connectivity index (χ2v) is 13.5. The molecule has 11 rings (SSSR count). The molecule has 212 valence electrons. The van der Waals surface area contributed by atoms with Crippen molar-refractivity contribution < 1.29 is 0 Å². The molecule has 0 saturated heterocycles. The minimum atomic E-state index is 0.0925. The van der Waals surface area contributed by atoms with Crippen molar-refractivity contribution in [3.05, 3.63) is 152 Å². The van der Waals surface area contributed by atoms with Crippen LogP contribution in [0.4, 0.5) is 11.4 Å². The number of fused-ring (bicyclic) bond motifs is 18. The van der Waals surface area contributed by atoms with Crippen LogP contribution in [-0.4, -0.2) is 11.4 Å². The van der Waals surface area contributed by atoms with E-state index in [0.717, 1.165) is 0 Å². The summed E-state index contributed by atoms with van der Waals surface area (Å²) < 4.78 is 5.11. The molecule has 2 nitrogen and oxygen atoms in total. The van der Waals surface area contributed by atoms with Gasteiger partial charge < -0.3 is 9.38 Å². The van der Waals surface area contributed by atoms with E-state index in [-0.39, 0.29) is 6.85 Å². The summed E-state index contributed by atoms with van der Waals surface area (Å²) in [7, 11) is 0. The predicted octanol–water partition coefficient (Wildman–Crippen LogP) is 10.1. The first-order valence-corrected chi connectivity index (χ1v) is 16.7. The molecule has 46 heavy (non-hydrogen) atoms. The van der Waals surface area contributed by atoms with Gasteiger partial charge in [0.2, 0.25) is 0 Å². The molecule has 2 aliphatic heterocycles. The van der Waals surface area contributed by atoms with Gasteiger partial charge in [-0.3, -0.25) is 0 Å². The molecule has 0 saturated carbocycles. The van der Waals surface area contributed by atoms with Gasteiger partial charge in [0.25, 0.3) is 0 Å². The molecule has 7 aromatic carbocycles. The second kappa shape index (κ2) is 9.00. The van der Waals surface area contributed by atoms with Gasteiger partial charge in [-0.2, -0.15) is 0 Å². The average Bonchev–Trinajstić information content (AvgIpc) is 3.65. The van der Waals surface area contributed by atoms with Crippen molar-refractivity contribution in [2.75, 3.05) is 4.81 Å². The van der Waals surface area contributed by atoms with Crippen LogP contribution in [-0.2, 0) is 0 Å². The zero-order valence-electron chi connectivity index (χ0n) is 24.8. The molecule has 0 amide bonds. The molecule has 4 heteroatoms. The lowest BCUT2D eigenvalue weighted by Crippen LogP contribution is -2.59. The summed E-state index contributed by atoms with van der Waals surface area (Å²) in [6.07, 6.45) is 0. The van der Waals surface area contributed by atoms with Crippen LogP contribution in [0.25, 0.3) is 69.9 Å². The van der Waals surface area contributed by atoms with E-state index in [1.165, 1.54) is 92.2 Å². The SMILES string of the molecule is c1ccc(-n2c3ccccc3c3cc4sc5ccc6c(c5c4cc32)-c2ccccc2N2B6c3ccccc3-c3ccccc32)cc1. The summed E-state index contributed by atoms with van der Waals surface area (Å²) in [6.45, 7) is 0.0925. The van der Waals surface area contributed by atoms with Crippen molar-refractivity contribution >= 4 is 82.5 Å². The Bertz CT molecular complexity index is 2720. The smallest absolute Gasteiger partial charge is 0.329 e. The highest BCUT2D eigenvalue weighted by Gasteiger charge is 2.42. The van der Waals surface area contributed by atoms with Crippen LogP contribution in [0.15, 0.2) is 152 Å². The van der Waals surface area contributed by atoms with E-state index in [1.807, 2.05) is 11.3 Å². The monoisotopic (exact) mass is 600 g/mol. The maximum Gasteiger partial charge on any atom is 0.329 e. The molecule has 2 aliphatic rings. The summed E-state index contributed by atoms with van der Waals surface area (Å²) in [5.41, 5.74) is 14.3. The molecular formula is C42H25BN2S. The van der Waals surface area contributed by atoms with Gasteiger partial charge in [0.05, 0.1) is 11.0 Å². The fourth-order valence-electron chi connectivity index (χ4n) is 8.36. The first-order valence-electron chi connectivity index (χ1n) is 15.9. The van der Waals surface area contributed by atoms with Crippen molar-refractivity contribution in [2.45, 2.75) is 0 Å². The topological polar surface area (TPSA) is 8.17 Å². The molecule has 9 aromatic rings. The predicted molar refractivity (Wildman–Crippen MR) is 198 cm³/mol. The van der Waals surface area contributed by atoms with Crippen molar-refractivity contribution in [3.8, 4) is 27.9 Å². The van der Waals surface area contributed by atoms with E-state index in [4.69, 9.17) is 0 Å². The molecule has 0 N–H and O–H groups in total. The Kier molecular flexibility index (Phi) is 4.83. The first kappa shape index (κ1) is 24.7. The lowest BCUT2D eigenvalue weighted by atomic mass is 9.43. The van der Waals surface area contributed by atoms with E-state index in [9.17, 15) is 0 Å². The van der Waals surface area contributed by atoms with Gasteiger partial charge in [0.1, 0.15) is 0 Å². The van der Waals surface area contributed by atoms with E-state index in [0.29, 0.717) is 0 Å². The molecule has 2 aromatic heterocycles. The third-order valence-electron chi connectivity index (χ3n) is 10.2. The maximum absolute atomic E-state index is 2.58. The summed E-state index contributed by atoms with van der Waals surface area (Å²) >= 11 is 1.92. The lowest BCUT2D eigenvalue weighted by Gasteiger charge is -2.43. The first-order chi connectivity index (χ1) is 22.8. The number of aromatic nitrogens is 1. The number of para-hydroxylation sites is 4. The Morgan fingerprint density at radius 1 is 0.457 bits per heavy atom. The van der Waals surface area contributed by atoms with Gasteiger partial charge in [0, 0.05) is 59.1 Å². The van der Waals surface area contributed by atoms with Gasteiger partial charge in [-0.1, -0.05) is 103 Å². The van der Waals surface area contributed by atoms with E-state index in [2.05, 4.69) is 161 Å². The quantitative estimate of drug-likeness (QED) is 0.170. The standard InChI is InChI=1S/C42H25BN2S/c1-2-12-26(13-3-1)44-35-19-9-5-16-29(35)31-25-40-32(24-38(31)44)42-39(46-40)23-22-34-41(42)30-17-7-11-21-37(30)45-36-20-10-6-15-28(36)27-14-4-8-18-33(27)43(34)45/h1-25H. The van der Waals surface area contributed by atoms with Gasteiger partial charge in [-0.05, 0) is 70.6 Å². The second-order valence-electron chi connectivity index (χ2n) is 12.5. The fraction of sp³-hybridized carbons (Fsp3) is 0. The lowest BCUT2D eigenvalue weighted by molar-refractivity contribution is 1.18. The molecule has 0 unspecified atom stereocenters. The third kappa shape index (κ3) is 3.12. The highest BCUT2D eigenvalue weighted by atomic mass is 32.1. The highest BCUT2D eigenvalue weighted by Crippen LogP contribution is 2.50. The zero-order valence-corrected chi connectivity index (χ0v) is 25.6. The van der Waals surface area contributed by atoms with Crippen LogP contribution in [0.2, 0.25) is 0 Å². The van der Waals surface area contributed by atoms with E-state index in [1.54, 1.807) is 0 Å². The van der Waals surface area contributed by atoms with Gasteiger partial charge in [-0.15, -0.1) is 11.3 Å². The fourth-order valence-corrected chi connectivity index (χ4v) is 9.49. The summed E-state index contributed by atoms with van der Waals surface area (Å²) in [6, 6.07) is 56.2. The third-order valence-corrected chi connectivity index (χ3v) is 11.3. The average molecular weight is 601 g/mol. The zero-order chi connectivity index (χ0) is 29.9. The number of hydrogen-bond acceptors (Lipinski definition) is 2. The molecule has 0 bridgehead atoms. The normalized spacial score (nSPS) is 13.1. The Labute approximate surface area is 270 Å². The number of rotatable bonds is 1. The largest absolute Gasteiger partial charge is 0.376 e. The van der Waals surface area contributed by atoms with Gasteiger partial charge in [0.15, 0.2) is 0 Å². The molecule has 0 aliphatic carbocycles. The van der Waals surface area contributed by atoms with Crippen LogP contribution in [0.3, 0.4) is 0 Å². The molecule has 4 heterocycles. The maximum atomic E-state index is 2.58. The number of benzene rings is 7. The Morgan fingerprint density at radius 2 is 1.15 bits per heavy atom. The number of hydrogen-bond donors (Lipinski definition) is 0. The van der Waals surface area contributed by atoms with Crippen molar-refractivity contribution in [2.24, 2.45) is 0 Å². The molecule has 0 fully saturated rings. The number of nitrogens with zero attached hydrogens (tertiary/aromatic N) is 2. The Hall–Kier alpha value is -5.58. The number of thiophene rings is 1. The van der Waals surface area contributed by atoms with Crippen molar-refractivity contribution in [1.29, 1.82) is 0 Å². The molecule has 0 radical (unpaired) electrons. The molecular weight excluding hydrogens is 575 g/mol. The van der Waals surface area contributed by atoms with Crippen LogP contribution < -0.4 is 15.7 Å². The summed E-state index contributed by atoms with van der Waals surface area (Å²) in [4.78, 5) is 2.58. The Balaban J connectivity index is 1.28. The number of anilines is 2. The molecule has 0 atom stereocenters. The van der Waals surface area contributed by atoms with Gasteiger partial charge in [-0.25, -0.2) is 0 Å². The van der Waals surface area contributed by atoms with Crippen LogP contribution >= 0.6 is 11.3 Å². The van der Waals surface area contributed by atoms with Crippen LogP contribution in [0.1, 0.15) is 0 Å². The van der Waals surface area contributed by atoms with E-state index < -0.39 is 0 Å². The minimum Gasteiger partial charge on any atom is -0.376 e.